The minimum atomic E-state index is -0.579. The zero-order valence-electron chi connectivity index (χ0n) is 19.4. The highest BCUT2D eigenvalue weighted by Crippen LogP contribution is 2.31. The molecule has 0 atom stereocenters. The topological polar surface area (TPSA) is 105 Å². The van der Waals surface area contributed by atoms with Gasteiger partial charge in [-0.1, -0.05) is 36.9 Å². The number of benzene rings is 2. The molecule has 8 nitrogen and oxygen atoms in total. The zero-order chi connectivity index (χ0) is 25.0. The molecule has 0 radical (unpaired) electrons. The largest absolute Gasteiger partial charge is 0.462 e. The standard InChI is InChI=1S/C27H28O8/c1-2-24(28)32-16-17-33-25(29)18-19-8-14-23(15-9-19)35-27(31)21-12-10-20(11-13-21)26(30)34-22-6-4-3-5-7-22/h2-9,14-15,20-21H,1,10-13,16-18H2. The van der Waals surface area contributed by atoms with Gasteiger partial charge in [0.2, 0.25) is 0 Å². The summed E-state index contributed by atoms with van der Waals surface area (Å²) in [7, 11) is 0. The molecule has 8 heteroatoms. The van der Waals surface area contributed by atoms with Crippen molar-refractivity contribution >= 4 is 23.9 Å². The maximum atomic E-state index is 12.6. The molecule has 35 heavy (non-hydrogen) atoms. The van der Waals surface area contributed by atoms with Crippen molar-refractivity contribution in [3.63, 3.8) is 0 Å². The lowest BCUT2D eigenvalue weighted by Gasteiger charge is -2.25. The molecule has 1 fully saturated rings. The molecule has 0 saturated heterocycles. The van der Waals surface area contributed by atoms with Crippen LogP contribution in [0.4, 0.5) is 0 Å². The summed E-state index contributed by atoms with van der Waals surface area (Å²) in [6.07, 6.45) is 3.31. The van der Waals surface area contributed by atoms with Crippen molar-refractivity contribution in [1.82, 2.24) is 0 Å². The SMILES string of the molecule is C=CC(=O)OCCOC(=O)Cc1ccc(OC(=O)C2CCC(C(=O)Oc3ccccc3)CC2)cc1. The molecule has 1 aliphatic carbocycles. The highest BCUT2D eigenvalue weighted by Gasteiger charge is 2.32. The van der Waals surface area contributed by atoms with Gasteiger partial charge in [0.25, 0.3) is 0 Å². The highest BCUT2D eigenvalue weighted by atomic mass is 16.6. The van der Waals surface area contributed by atoms with Crippen molar-refractivity contribution in [1.29, 1.82) is 0 Å². The van der Waals surface area contributed by atoms with Crippen LogP contribution in [-0.2, 0) is 35.1 Å². The predicted octanol–water partition coefficient (Wildman–Crippen LogP) is 3.82. The van der Waals surface area contributed by atoms with E-state index in [-0.39, 0.29) is 43.4 Å². The Kier molecular flexibility index (Phi) is 9.59. The van der Waals surface area contributed by atoms with Crippen molar-refractivity contribution in [2.45, 2.75) is 32.1 Å². The van der Waals surface area contributed by atoms with E-state index in [0.717, 1.165) is 6.08 Å². The van der Waals surface area contributed by atoms with Crippen LogP contribution >= 0.6 is 0 Å². The van der Waals surface area contributed by atoms with Crippen molar-refractivity contribution in [2.24, 2.45) is 11.8 Å². The summed E-state index contributed by atoms with van der Waals surface area (Å²) in [5.41, 5.74) is 0.690. The lowest BCUT2D eigenvalue weighted by molar-refractivity contribution is -0.149. The van der Waals surface area contributed by atoms with Crippen LogP contribution in [0.15, 0.2) is 67.3 Å². The van der Waals surface area contributed by atoms with Gasteiger partial charge in [-0.25, -0.2) is 4.79 Å². The van der Waals surface area contributed by atoms with Crippen molar-refractivity contribution < 1.29 is 38.1 Å². The van der Waals surface area contributed by atoms with Gasteiger partial charge in [0, 0.05) is 6.08 Å². The smallest absolute Gasteiger partial charge is 0.330 e. The number of ether oxygens (including phenoxy) is 4. The van der Waals surface area contributed by atoms with Gasteiger partial charge in [0.15, 0.2) is 0 Å². The van der Waals surface area contributed by atoms with E-state index in [9.17, 15) is 19.2 Å². The monoisotopic (exact) mass is 480 g/mol. The molecule has 0 heterocycles. The van der Waals surface area contributed by atoms with E-state index < -0.39 is 11.9 Å². The molecular formula is C27H28O8. The Morgan fingerprint density at radius 3 is 1.80 bits per heavy atom. The maximum absolute atomic E-state index is 12.6. The number of para-hydroxylation sites is 1. The first-order chi connectivity index (χ1) is 16.9. The van der Waals surface area contributed by atoms with Crippen molar-refractivity contribution in [3.8, 4) is 11.5 Å². The Morgan fingerprint density at radius 2 is 1.26 bits per heavy atom. The fourth-order valence-electron chi connectivity index (χ4n) is 3.70. The van der Waals surface area contributed by atoms with Crippen molar-refractivity contribution in [3.05, 3.63) is 72.8 Å². The van der Waals surface area contributed by atoms with Crippen LogP contribution in [0.1, 0.15) is 31.2 Å². The molecule has 1 aliphatic rings. The lowest BCUT2D eigenvalue weighted by atomic mass is 9.82. The lowest BCUT2D eigenvalue weighted by Crippen LogP contribution is -2.30. The second-order valence-corrected chi connectivity index (χ2v) is 8.12. The van der Waals surface area contributed by atoms with Crippen LogP contribution in [0.2, 0.25) is 0 Å². The summed E-state index contributed by atoms with van der Waals surface area (Å²) in [6.45, 7) is 3.19. The predicted molar refractivity (Wildman–Crippen MR) is 125 cm³/mol. The van der Waals surface area contributed by atoms with Gasteiger partial charge in [-0.15, -0.1) is 0 Å². The van der Waals surface area contributed by atoms with Crippen LogP contribution in [0.5, 0.6) is 11.5 Å². The summed E-state index contributed by atoms with van der Waals surface area (Å²) < 4.78 is 20.6. The van der Waals surface area contributed by atoms with E-state index in [1.807, 2.05) is 6.07 Å². The molecule has 0 spiro atoms. The van der Waals surface area contributed by atoms with E-state index in [4.69, 9.17) is 18.9 Å². The second-order valence-electron chi connectivity index (χ2n) is 8.12. The Labute approximate surface area is 203 Å². The molecule has 0 aliphatic heterocycles. The van der Waals surface area contributed by atoms with Gasteiger partial charge in [-0.3, -0.25) is 14.4 Å². The molecule has 184 valence electrons. The van der Waals surface area contributed by atoms with E-state index in [1.165, 1.54) is 0 Å². The molecule has 0 N–H and O–H groups in total. The first kappa shape index (κ1) is 25.7. The Morgan fingerprint density at radius 1 is 0.743 bits per heavy atom. The van der Waals surface area contributed by atoms with E-state index in [0.29, 0.717) is 42.7 Å². The van der Waals surface area contributed by atoms with Gasteiger partial charge < -0.3 is 18.9 Å². The maximum Gasteiger partial charge on any atom is 0.330 e. The molecule has 0 unspecified atom stereocenters. The number of hydrogen-bond acceptors (Lipinski definition) is 8. The fraction of sp³-hybridized carbons (Fsp3) is 0.333. The van der Waals surface area contributed by atoms with E-state index >= 15 is 0 Å². The minimum absolute atomic E-state index is 0.0345. The molecule has 2 aromatic carbocycles. The van der Waals surface area contributed by atoms with Gasteiger partial charge >= 0.3 is 23.9 Å². The number of hydrogen-bond donors (Lipinski definition) is 0. The third-order valence-electron chi connectivity index (χ3n) is 5.60. The van der Waals surface area contributed by atoms with Gasteiger partial charge in [-0.05, 0) is 55.5 Å². The molecule has 1 saturated carbocycles. The number of carbonyl (C=O) groups excluding carboxylic acids is 4. The highest BCUT2D eigenvalue weighted by molar-refractivity contribution is 5.81. The first-order valence-electron chi connectivity index (χ1n) is 11.5. The Bertz CT molecular complexity index is 1020. The third-order valence-corrected chi connectivity index (χ3v) is 5.60. The van der Waals surface area contributed by atoms with Crippen LogP contribution in [-0.4, -0.2) is 37.1 Å². The van der Waals surface area contributed by atoms with Crippen LogP contribution in [0, 0.1) is 11.8 Å². The van der Waals surface area contributed by atoms with Gasteiger partial charge in [0.05, 0.1) is 18.3 Å². The summed E-state index contributed by atoms with van der Waals surface area (Å²) in [5, 5.41) is 0. The second kappa shape index (κ2) is 13.1. The zero-order valence-corrected chi connectivity index (χ0v) is 19.4. The molecular weight excluding hydrogens is 452 g/mol. The summed E-state index contributed by atoms with van der Waals surface area (Å²) in [6, 6.07) is 15.5. The average molecular weight is 481 g/mol. The fourth-order valence-corrected chi connectivity index (χ4v) is 3.70. The molecule has 0 aromatic heterocycles. The number of rotatable bonds is 10. The van der Waals surface area contributed by atoms with Crippen LogP contribution in [0.3, 0.4) is 0 Å². The van der Waals surface area contributed by atoms with Gasteiger partial charge in [0.1, 0.15) is 24.7 Å². The van der Waals surface area contributed by atoms with E-state index in [2.05, 4.69) is 6.58 Å². The molecule has 3 rings (SSSR count). The minimum Gasteiger partial charge on any atom is -0.462 e. The Hall–Kier alpha value is -3.94. The third kappa shape index (κ3) is 8.41. The summed E-state index contributed by atoms with van der Waals surface area (Å²) >= 11 is 0. The average Bonchev–Trinajstić information content (AvgIpc) is 2.88. The van der Waals surface area contributed by atoms with Crippen molar-refractivity contribution in [2.75, 3.05) is 13.2 Å². The van der Waals surface area contributed by atoms with Gasteiger partial charge in [-0.2, -0.15) is 0 Å². The molecule has 0 amide bonds. The van der Waals surface area contributed by atoms with Crippen LogP contribution < -0.4 is 9.47 Å². The quantitative estimate of drug-likeness (QED) is 0.219. The first-order valence-corrected chi connectivity index (χ1v) is 11.5. The Balaban J connectivity index is 1.38. The number of esters is 4. The number of carbonyl (C=O) groups is 4. The summed E-state index contributed by atoms with van der Waals surface area (Å²) in [5.74, 6) is -1.25. The summed E-state index contributed by atoms with van der Waals surface area (Å²) in [4.78, 5) is 47.7. The van der Waals surface area contributed by atoms with Crippen LogP contribution in [0.25, 0.3) is 0 Å². The normalized spacial score (nSPS) is 17.0. The van der Waals surface area contributed by atoms with E-state index in [1.54, 1.807) is 48.5 Å². The molecule has 2 aromatic rings. The molecule has 0 bridgehead atoms.